The lowest BCUT2D eigenvalue weighted by Gasteiger charge is -2.32. The lowest BCUT2D eigenvalue weighted by atomic mass is 9.78. The molecule has 0 radical (unpaired) electrons. The van der Waals surface area contributed by atoms with Crippen molar-refractivity contribution in [2.45, 2.75) is 65.3 Å². The van der Waals surface area contributed by atoms with Crippen LogP contribution < -0.4 is 11.1 Å². The fourth-order valence-corrected chi connectivity index (χ4v) is 3.23. The highest BCUT2D eigenvalue weighted by molar-refractivity contribution is 5.90. The molecule has 0 aromatic carbocycles. The Morgan fingerprint density at radius 1 is 1.19 bits per heavy atom. The second-order valence-electron chi connectivity index (χ2n) is 6.21. The van der Waals surface area contributed by atoms with E-state index in [4.69, 9.17) is 5.73 Å². The topological polar surface area (TPSA) is 75.4 Å². The molecule has 0 aromatic rings. The highest BCUT2D eigenvalue weighted by Gasteiger charge is 2.37. The molecular formula is C16H31N3O2. The minimum absolute atomic E-state index is 0.0276. The number of likely N-dealkylation sites (tertiary alicyclic amines) is 1. The first-order valence-electron chi connectivity index (χ1n) is 8.30. The van der Waals surface area contributed by atoms with E-state index < -0.39 is 11.5 Å². The molecule has 1 aliphatic rings. The monoisotopic (exact) mass is 297 g/mol. The van der Waals surface area contributed by atoms with E-state index in [9.17, 15) is 9.59 Å². The fourth-order valence-electron chi connectivity index (χ4n) is 3.23. The molecule has 0 spiro atoms. The third-order valence-corrected chi connectivity index (χ3v) is 4.47. The number of nitrogens with one attached hydrogen (secondary N) is 1. The molecule has 21 heavy (non-hydrogen) atoms. The van der Waals surface area contributed by atoms with Crippen molar-refractivity contribution < 1.29 is 9.59 Å². The molecular weight excluding hydrogens is 266 g/mol. The summed E-state index contributed by atoms with van der Waals surface area (Å²) in [5, 5.41) is 2.91. The van der Waals surface area contributed by atoms with Crippen LogP contribution in [0.4, 0.5) is 0 Å². The van der Waals surface area contributed by atoms with Crippen molar-refractivity contribution in [3.05, 3.63) is 0 Å². The maximum absolute atomic E-state index is 12.6. The van der Waals surface area contributed by atoms with E-state index in [1.807, 2.05) is 4.90 Å². The Hall–Kier alpha value is -1.10. The maximum Gasteiger partial charge on any atom is 0.244 e. The lowest BCUT2D eigenvalue weighted by molar-refractivity contribution is -0.139. The van der Waals surface area contributed by atoms with Gasteiger partial charge in [0, 0.05) is 19.6 Å². The first-order chi connectivity index (χ1) is 10.0. The van der Waals surface area contributed by atoms with Gasteiger partial charge in [-0.1, -0.05) is 26.7 Å². The zero-order valence-electron chi connectivity index (χ0n) is 13.8. The van der Waals surface area contributed by atoms with Crippen LogP contribution in [-0.4, -0.2) is 42.4 Å². The molecule has 1 rings (SSSR count). The van der Waals surface area contributed by atoms with Gasteiger partial charge in [0.15, 0.2) is 0 Å². The number of carbonyl (C=O) groups excluding carboxylic acids is 2. The van der Waals surface area contributed by atoms with E-state index in [-0.39, 0.29) is 11.8 Å². The SMILES string of the molecule is CCCC(CN)(CCC)C(=O)NC(C)C(=O)N1CCCC1. The predicted molar refractivity (Wildman–Crippen MR) is 84.7 cm³/mol. The molecule has 1 atom stereocenters. The van der Waals surface area contributed by atoms with Gasteiger partial charge in [0.2, 0.25) is 11.8 Å². The van der Waals surface area contributed by atoms with Crippen LogP contribution in [0.1, 0.15) is 59.3 Å². The van der Waals surface area contributed by atoms with Gasteiger partial charge in [0.05, 0.1) is 5.41 Å². The zero-order chi connectivity index (χ0) is 15.9. The summed E-state index contributed by atoms with van der Waals surface area (Å²) in [7, 11) is 0. The molecule has 0 aromatic heterocycles. The van der Waals surface area contributed by atoms with Gasteiger partial charge in [-0.15, -0.1) is 0 Å². The summed E-state index contributed by atoms with van der Waals surface area (Å²) in [6.45, 7) is 7.86. The maximum atomic E-state index is 12.6. The van der Waals surface area contributed by atoms with Crippen LogP contribution in [0.2, 0.25) is 0 Å². The van der Waals surface area contributed by atoms with Crippen molar-refractivity contribution in [2.24, 2.45) is 11.1 Å². The number of carbonyl (C=O) groups is 2. The number of amides is 2. The first kappa shape index (κ1) is 18.0. The summed E-state index contributed by atoms with van der Waals surface area (Å²) in [6.07, 6.45) is 5.50. The smallest absolute Gasteiger partial charge is 0.244 e. The predicted octanol–water partition coefficient (Wildman–Crippen LogP) is 1.66. The molecule has 1 heterocycles. The molecule has 1 unspecified atom stereocenters. The Morgan fingerprint density at radius 2 is 1.71 bits per heavy atom. The minimum Gasteiger partial charge on any atom is -0.344 e. The van der Waals surface area contributed by atoms with Gasteiger partial charge >= 0.3 is 0 Å². The summed E-state index contributed by atoms with van der Waals surface area (Å²) in [5.74, 6) is -0.0338. The Kier molecular flexibility index (Phi) is 7.15. The van der Waals surface area contributed by atoms with E-state index in [2.05, 4.69) is 19.2 Å². The second-order valence-corrected chi connectivity index (χ2v) is 6.21. The summed E-state index contributed by atoms with van der Waals surface area (Å²) >= 11 is 0. The van der Waals surface area contributed by atoms with Crippen molar-refractivity contribution in [3.8, 4) is 0 Å². The largest absolute Gasteiger partial charge is 0.344 e. The molecule has 122 valence electrons. The fraction of sp³-hybridized carbons (Fsp3) is 0.875. The standard InChI is InChI=1S/C16H31N3O2/c1-4-8-16(12-17,9-5-2)15(21)18-13(3)14(20)19-10-6-7-11-19/h13H,4-12,17H2,1-3H3,(H,18,21). The van der Waals surface area contributed by atoms with Gasteiger partial charge in [0.1, 0.15) is 6.04 Å². The van der Waals surface area contributed by atoms with Gasteiger partial charge in [-0.05, 0) is 32.6 Å². The van der Waals surface area contributed by atoms with Crippen LogP contribution in [0.25, 0.3) is 0 Å². The number of nitrogens with zero attached hydrogens (tertiary/aromatic N) is 1. The normalized spacial score (nSPS) is 16.9. The summed E-state index contributed by atoms with van der Waals surface area (Å²) in [4.78, 5) is 26.8. The molecule has 2 amide bonds. The van der Waals surface area contributed by atoms with Gasteiger partial charge in [-0.2, -0.15) is 0 Å². The quantitative estimate of drug-likeness (QED) is 0.715. The number of hydrogen-bond donors (Lipinski definition) is 2. The molecule has 1 saturated heterocycles. The van der Waals surface area contributed by atoms with Crippen molar-refractivity contribution in [2.75, 3.05) is 19.6 Å². The van der Waals surface area contributed by atoms with Crippen LogP contribution >= 0.6 is 0 Å². The van der Waals surface area contributed by atoms with E-state index in [0.717, 1.165) is 51.6 Å². The summed E-state index contributed by atoms with van der Waals surface area (Å²) in [5.41, 5.74) is 5.37. The van der Waals surface area contributed by atoms with Crippen LogP contribution in [0.3, 0.4) is 0 Å². The Balaban J connectivity index is 2.68. The molecule has 5 nitrogen and oxygen atoms in total. The highest BCUT2D eigenvalue weighted by atomic mass is 16.2. The van der Waals surface area contributed by atoms with Crippen molar-refractivity contribution >= 4 is 11.8 Å². The average molecular weight is 297 g/mol. The van der Waals surface area contributed by atoms with Crippen LogP contribution in [0.15, 0.2) is 0 Å². The Labute approximate surface area is 128 Å². The van der Waals surface area contributed by atoms with Crippen molar-refractivity contribution in [1.82, 2.24) is 10.2 Å². The van der Waals surface area contributed by atoms with Crippen molar-refractivity contribution in [3.63, 3.8) is 0 Å². The van der Waals surface area contributed by atoms with E-state index >= 15 is 0 Å². The highest BCUT2D eigenvalue weighted by Crippen LogP contribution is 2.29. The molecule has 0 aliphatic carbocycles. The third-order valence-electron chi connectivity index (χ3n) is 4.47. The van der Waals surface area contributed by atoms with Gasteiger partial charge in [-0.25, -0.2) is 0 Å². The number of rotatable bonds is 8. The zero-order valence-corrected chi connectivity index (χ0v) is 13.8. The average Bonchev–Trinajstić information content (AvgIpc) is 3.00. The van der Waals surface area contributed by atoms with E-state index in [1.165, 1.54) is 0 Å². The number of hydrogen-bond acceptors (Lipinski definition) is 3. The molecule has 1 aliphatic heterocycles. The Bertz CT molecular complexity index is 345. The molecule has 0 saturated carbocycles. The summed E-state index contributed by atoms with van der Waals surface area (Å²) < 4.78 is 0. The first-order valence-corrected chi connectivity index (χ1v) is 8.30. The van der Waals surface area contributed by atoms with Crippen LogP contribution in [-0.2, 0) is 9.59 Å². The van der Waals surface area contributed by atoms with Crippen molar-refractivity contribution in [1.29, 1.82) is 0 Å². The van der Waals surface area contributed by atoms with Gasteiger partial charge < -0.3 is 16.0 Å². The Morgan fingerprint density at radius 3 is 2.14 bits per heavy atom. The number of nitrogens with two attached hydrogens (primary N) is 1. The lowest BCUT2D eigenvalue weighted by Crippen LogP contribution is -2.53. The van der Waals surface area contributed by atoms with E-state index in [1.54, 1.807) is 6.92 Å². The van der Waals surface area contributed by atoms with Gasteiger partial charge in [0.25, 0.3) is 0 Å². The van der Waals surface area contributed by atoms with Crippen LogP contribution in [0, 0.1) is 5.41 Å². The summed E-state index contributed by atoms with van der Waals surface area (Å²) in [6, 6.07) is -0.463. The molecule has 5 heteroatoms. The van der Waals surface area contributed by atoms with Gasteiger partial charge in [-0.3, -0.25) is 9.59 Å². The third kappa shape index (κ3) is 4.43. The molecule has 3 N–H and O–H groups in total. The van der Waals surface area contributed by atoms with Crippen LogP contribution in [0.5, 0.6) is 0 Å². The molecule has 1 fully saturated rings. The minimum atomic E-state index is -0.525. The second kappa shape index (κ2) is 8.37. The molecule has 0 bridgehead atoms. The van der Waals surface area contributed by atoms with E-state index in [0.29, 0.717) is 6.54 Å².